The normalized spacial score (nSPS) is 53.4. The first-order valence-corrected chi connectivity index (χ1v) is 4.21. The van der Waals surface area contributed by atoms with Crippen molar-refractivity contribution >= 4 is 0 Å². The number of hydrogen-bond acceptors (Lipinski definition) is 2. The van der Waals surface area contributed by atoms with Crippen LogP contribution in [0.25, 0.3) is 0 Å². The maximum Gasteiger partial charge on any atom is 0.0696 e. The second-order valence-electron chi connectivity index (χ2n) is 3.73. The fourth-order valence-electron chi connectivity index (χ4n) is 2.42. The summed E-state index contributed by atoms with van der Waals surface area (Å²) >= 11 is 0. The van der Waals surface area contributed by atoms with Gasteiger partial charge in [-0.1, -0.05) is 0 Å². The van der Waals surface area contributed by atoms with Gasteiger partial charge in [0.1, 0.15) is 0 Å². The summed E-state index contributed by atoms with van der Waals surface area (Å²) in [6.07, 6.45) is 3.44. The monoisotopic (exact) mass is 141 g/mol. The van der Waals surface area contributed by atoms with Crippen LogP contribution in [0.3, 0.4) is 0 Å². The molecule has 2 rings (SSSR count). The number of hydrogen-bond donors (Lipinski definition) is 2. The summed E-state index contributed by atoms with van der Waals surface area (Å²) in [4.78, 5) is 0. The van der Waals surface area contributed by atoms with Crippen LogP contribution in [0.2, 0.25) is 0 Å². The molecule has 0 aromatic carbocycles. The Labute approximate surface area is 61.6 Å². The summed E-state index contributed by atoms with van der Waals surface area (Å²) < 4.78 is 0. The summed E-state index contributed by atoms with van der Waals surface area (Å²) in [5.74, 6) is 0.769. The van der Waals surface area contributed by atoms with Crippen molar-refractivity contribution in [3.63, 3.8) is 0 Å². The lowest BCUT2D eigenvalue weighted by molar-refractivity contribution is 0.149. The van der Waals surface area contributed by atoms with Crippen LogP contribution in [-0.2, 0) is 0 Å². The van der Waals surface area contributed by atoms with Gasteiger partial charge in [0, 0.05) is 12.1 Å². The first kappa shape index (κ1) is 6.62. The third-order valence-electron chi connectivity index (χ3n) is 2.89. The van der Waals surface area contributed by atoms with E-state index < -0.39 is 0 Å². The molecule has 0 aromatic heterocycles. The van der Waals surface area contributed by atoms with Gasteiger partial charge in [0.05, 0.1) is 6.10 Å². The molecule has 0 aromatic rings. The number of aliphatic hydroxyl groups is 1. The van der Waals surface area contributed by atoms with E-state index in [9.17, 15) is 5.11 Å². The highest BCUT2D eigenvalue weighted by molar-refractivity contribution is 4.97. The van der Waals surface area contributed by atoms with E-state index in [4.69, 9.17) is 0 Å². The molecule has 0 radical (unpaired) electrons. The Morgan fingerprint density at radius 2 is 2.20 bits per heavy atom. The Morgan fingerprint density at radius 3 is 2.90 bits per heavy atom. The Kier molecular flexibility index (Phi) is 1.46. The van der Waals surface area contributed by atoms with E-state index in [1.54, 1.807) is 0 Å². The fourth-order valence-corrected chi connectivity index (χ4v) is 2.42. The Bertz CT molecular complexity index is 137. The fraction of sp³-hybridized carbons (Fsp3) is 1.00. The molecule has 1 aliphatic heterocycles. The molecule has 2 nitrogen and oxygen atoms in total. The van der Waals surface area contributed by atoms with Crippen molar-refractivity contribution in [2.24, 2.45) is 5.92 Å². The molecule has 0 spiro atoms. The summed E-state index contributed by atoms with van der Waals surface area (Å²) in [5.41, 5.74) is 0. The zero-order valence-corrected chi connectivity index (χ0v) is 6.38. The zero-order chi connectivity index (χ0) is 7.14. The highest BCUT2D eigenvalue weighted by atomic mass is 16.3. The van der Waals surface area contributed by atoms with E-state index in [-0.39, 0.29) is 6.10 Å². The van der Waals surface area contributed by atoms with Crippen LogP contribution < -0.4 is 5.32 Å². The lowest BCUT2D eigenvalue weighted by atomic mass is 10.0. The Hall–Kier alpha value is -0.0800. The quantitative estimate of drug-likeness (QED) is 0.515. The number of nitrogens with one attached hydrogen (secondary N) is 1. The van der Waals surface area contributed by atoms with Crippen molar-refractivity contribution in [2.45, 2.75) is 44.4 Å². The largest absolute Gasteiger partial charge is 0.391 e. The zero-order valence-electron chi connectivity index (χ0n) is 6.38. The predicted octanol–water partition coefficient (Wildman–Crippen LogP) is 0.508. The van der Waals surface area contributed by atoms with E-state index in [1.165, 1.54) is 12.8 Å². The lowest BCUT2D eigenvalue weighted by Crippen LogP contribution is -2.36. The molecule has 0 amide bonds. The van der Waals surface area contributed by atoms with Gasteiger partial charge in [-0.15, -0.1) is 0 Å². The average Bonchev–Trinajstić information content (AvgIpc) is 2.35. The van der Waals surface area contributed by atoms with Gasteiger partial charge in [-0.05, 0) is 32.1 Å². The third-order valence-corrected chi connectivity index (χ3v) is 2.89. The molecular formula is C8H15NO. The summed E-state index contributed by atoms with van der Waals surface area (Å²) in [6, 6.07) is 1.06. The standard InChI is InChI=1S/C8H15NO/c1-5-4-6-2-3-7(10)8(6)9-5/h5-10H,2-4H2,1H3/t5-,6+,7+,8+/m1/s1. The molecular weight excluding hydrogens is 126 g/mol. The molecule has 1 saturated heterocycles. The van der Waals surface area contributed by atoms with Crippen molar-refractivity contribution in [2.75, 3.05) is 0 Å². The number of rotatable bonds is 0. The molecule has 2 fully saturated rings. The van der Waals surface area contributed by atoms with Crippen molar-refractivity contribution in [1.29, 1.82) is 0 Å². The summed E-state index contributed by atoms with van der Waals surface area (Å²) in [6.45, 7) is 2.20. The van der Waals surface area contributed by atoms with Crippen LogP contribution in [0.5, 0.6) is 0 Å². The molecule has 10 heavy (non-hydrogen) atoms. The van der Waals surface area contributed by atoms with E-state index in [0.29, 0.717) is 12.1 Å². The second-order valence-corrected chi connectivity index (χ2v) is 3.73. The topological polar surface area (TPSA) is 32.3 Å². The maximum atomic E-state index is 9.45. The van der Waals surface area contributed by atoms with Gasteiger partial charge in [0.2, 0.25) is 0 Å². The van der Waals surface area contributed by atoms with Crippen LogP contribution in [0.4, 0.5) is 0 Å². The Morgan fingerprint density at radius 1 is 1.40 bits per heavy atom. The minimum Gasteiger partial charge on any atom is -0.391 e. The van der Waals surface area contributed by atoms with E-state index in [2.05, 4.69) is 12.2 Å². The Balaban J connectivity index is 2.05. The molecule has 2 heteroatoms. The van der Waals surface area contributed by atoms with Crippen molar-refractivity contribution in [3.8, 4) is 0 Å². The first-order chi connectivity index (χ1) is 4.77. The molecule has 2 aliphatic rings. The van der Waals surface area contributed by atoms with Gasteiger partial charge in [0.25, 0.3) is 0 Å². The highest BCUT2D eigenvalue weighted by Crippen LogP contribution is 2.34. The SMILES string of the molecule is C[C@@H]1C[C@@H]2CC[C@H](O)[C@H]2N1. The predicted molar refractivity (Wildman–Crippen MR) is 39.7 cm³/mol. The smallest absolute Gasteiger partial charge is 0.0696 e. The van der Waals surface area contributed by atoms with Crippen LogP contribution in [0.1, 0.15) is 26.2 Å². The van der Waals surface area contributed by atoms with Crippen molar-refractivity contribution < 1.29 is 5.11 Å². The number of aliphatic hydroxyl groups excluding tert-OH is 1. The molecule has 58 valence electrons. The van der Waals surface area contributed by atoms with Crippen LogP contribution in [0.15, 0.2) is 0 Å². The number of fused-ring (bicyclic) bond motifs is 1. The molecule has 0 bridgehead atoms. The van der Waals surface area contributed by atoms with E-state index in [1.807, 2.05) is 0 Å². The van der Waals surface area contributed by atoms with Gasteiger partial charge >= 0.3 is 0 Å². The van der Waals surface area contributed by atoms with Gasteiger partial charge < -0.3 is 10.4 Å². The maximum absolute atomic E-state index is 9.45. The van der Waals surface area contributed by atoms with Gasteiger partial charge in [-0.3, -0.25) is 0 Å². The second kappa shape index (κ2) is 2.21. The van der Waals surface area contributed by atoms with Crippen LogP contribution in [0, 0.1) is 5.92 Å². The summed E-state index contributed by atoms with van der Waals surface area (Å²) in [5, 5.41) is 12.9. The van der Waals surface area contributed by atoms with Crippen LogP contribution in [-0.4, -0.2) is 23.3 Å². The average molecular weight is 141 g/mol. The third kappa shape index (κ3) is 0.867. The molecule has 2 N–H and O–H groups in total. The minimum atomic E-state index is -0.0602. The van der Waals surface area contributed by atoms with E-state index >= 15 is 0 Å². The van der Waals surface area contributed by atoms with Crippen molar-refractivity contribution in [3.05, 3.63) is 0 Å². The first-order valence-electron chi connectivity index (χ1n) is 4.21. The van der Waals surface area contributed by atoms with Gasteiger partial charge in [-0.2, -0.15) is 0 Å². The van der Waals surface area contributed by atoms with Gasteiger partial charge in [0.15, 0.2) is 0 Å². The lowest BCUT2D eigenvalue weighted by Gasteiger charge is -2.13. The molecule has 0 unspecified atom stereocenters. The van der Waals surface area contributed by atoms with Gasteiger partial charge in [-0.25, -0.2) is 0 Å². The molecule has 1 aliphatic carbocycles. The van der Waals surface area contributed by atoms with E-state index in [0.717, 1.165) is 12.3 Å². The highest BCUT2D eigenvalue weighted by Gasteiger charge is 2.40. The minimum absolute atomic E-state index is 0.0602. The molecule has 1 heterocycles. The molecule has 1 saturated carbocycles. The summed E-state index contributed by atoms with van der Waals surface area (Å²) in [7, 11) is 0. The molecule has 4 atom stereocenters. The van der Waals surface area contributed by atoms with Crippen molar-refractivity contribution in [1.82, 2.24) is 5.32 Å². The van der Waals surface area contributed by atoms with Crippen LogP contribution >= 0.6 is 0 Å².